The summed E-state index contributed by atoms with van der Waals surface area (Å²) in [4.78, 5) is 47.6. The van der Waals surface area contributed by atoms with Gasteiger partial charge in [0.05, 0.1) is 32.3 Å². The van der Waals surface area contributed by atoms with Crippen LogP contribution in [0.3, 0.4) is 0 Å². The summed E-state index contributed by atoms with van der Waals surface area (Å²) in [5, 5.41) is 23.1. The van der Waals surface area contributed by atoms with Crippen LogP contribution in [0.2, 0.25) is 5.02 Å². The first-order valence-corrected chi connectivity index (χ1v) is 8.88. The third kappa shape index (κ3) is 4.18. The molecule has 3 rings (SSSR count). The average Bonchev–Trinajstić information content (AvgIpc) is 2.73. The maximum atomic E-state index is 13.0. The molecule has 0 bridgehead atoms. The van der Waals surface area contributed by atoms with Crippen LogP contribution in [0.15, 0.2) is 66.7 Å². The van der Waals surface area contributed by atoms with Crippen LogP contribution in [0.1, 0.15) is 36.6 Å². The van der Waals surface area contributed by atoms with E-state index in [4.69, 9.17) is 11.6 Å². The molecular weight excluding hydrogens is 412 g/mol. The minimum absolute atomic E-state index is 0.0179. The van der Waals surface area contributed by atoms with Crippen molar-refractivity contribution in [2.24, 2.45) is 0 Å². The molecule has 9 heteroatoms. The number of halogens is 1. The highest BCUT2D eigenvalue weighted by atomic mass is 35.5. The molecule has 0 heterocycles. The number of nitro groups is 1. The fourth-order valence-electron chi connectivity index (χ4n) is 2.79. The molecule has 8 nitrogen and oxygen atoms in total. The Morgan fingerprint density at radius 2 is 1.47 bits per heavy atom. The average molecular weight is 425 g/mol. The second-order valence-electron chi connectivity index (χ2n) is 6.10. The molecular formula is C21H13ClN2O6. The summed E-state index contributed by atoms with van der Waals surface area (Å²) in [7, 11) is 0. The lowest BCUT2D eigenvalue weighted by Gasteiger charge is -2.12. The summed E-state index contributed by atoms with van der Waals surface area (Å²) in [5.41, 5.74) is -0.778. The van der Waals surface area contributed by atoms with Gasteiger partial charge in [-0.3, -0.25) is 19.7 Å². The van der Waals surface area contributed by atoms with E-state index >= 15 is 0 Å². The van der Waals surface area contributed by atoms with E-state index in [1.165, 1.54) is 42.5 Å². The number of carbonyl (C=O) groups excluding carboxylic acids is 2. The highest BCUT2D eigenvalue weighted by molar-refractivity contribution is 6.35. The van der Waals surface area contributed by atoms with Crippen molar-refractivity contribution in [2.45, 2.75) is 0 Å². The standard InChI is InChI=1S/C21H13ClN2O6/c22-17-8-4-3-7-15(17)19(25)16-11-12(24(29)30)9-10-18(16)23-20(26)13-5-1-2-6-14(13)21(27)28/h1-11H,(H,23,26)(H,27,28). The van der Waals surface area contributed by atoms with E-state index in [0.717, 1.165) is 12.1 Å². The number of carboxylic acid groups (broad SMARTS) is 1. The predicted molar refractivity (Wildman–Crippen MR) is 109 cm³/mol. The van der Waals surface area contributed by atoms with Crippen molar-refractivity contribution in [3.05, 3.63) is 104 Å². The molecule has 0 radical (unpaired) electrons. The van der Waals surface area contributed by atoms with E-state index in [1.807, 2.05) is 0 Å². The Balaban J connectivity index is 2.06. The number of non-ortho nitro benzene ring substituents is 1. The Hall–Kier alpha value is -4.04. The van der Waals surface area contributed by atoms with E-state index < -0.39 is 22.6 Å². The lowest BCUT2D eigenvalue weighted by molar-refractivity contribution is -0.384. The number of nitrogens with zero attached hydrogens (tertiary/aromatic N) is 1. The largest absolute Gasteiger partial charge is 0.478 e. The molecule has 0 spiro atoms. The zero-order chi connectivity index (χ0) is 21.8. The van der Waals surface area contributed by atoms with Gasteiger partial charge in [0.15, 0.2) is 5.78 Å². The van der Waals surface area contributed by atoms with E-state index in [2.05, 4.69) is 5.32 Å². The van der Waals surface area contributed by atoms with Crippen molar-refractivity contribution in [1.29, 1.82) is 0 Å². The monoisotopic (exact) mass is 424 g/mol. The molecule has 2 N–H and O–H groups in total. The molecule has 0 atom stereocenters. The fraction of sp³-hybridized carbons (Fsp3) is 0. The van der Waals surface area contributed by atoms with Crippen LogP contribution in [-0.2, 0) is 0 Å². The van der Waals surface area contributed by atoms with Crippen LogP contribution in [-0.4, -0.2) is 27.7 Å². The maximum Gasteiger partial charge on any atom is 0.336 e. The number of nitrogens with one attached hydrogen (secondary N) is 1. The Labute approximate surface area is 174 Å². The van der Waals surface area contributed by atoms with Gasteiger partial charge in [-0.15, -0.1) is 0 Å². The van der Waals surface area contributed by atoms with Gasteiger partial charge in [-0.05, 0) is 30.3 Å². The predicted octanol–water partition coefficient (Wildman–Crippen LogP) is 4.43. The SMILES string of the molecule is O=C(c1ccccc1Cl)c1cc([N+](=O)[O-])ccc1NC(=O)c1ccccc1C(=O)O. The zero-order valence-corrected chi connectivity index (χ0v) is 15.9. The number of nitro benzene ring substituents is 1. The molecule has 0 aromatic heterocycles. The number of ketones is 1. The Bertz CT molecular complexity index is 1190. The lowest BCUT2D eigenvalue weighted by Crippen LogP contribution is -2.18. The van der Waals surface area contributed by atoms with E-state index in [0.29, 0.717) is 0 Å². The number of benzene rings is 3. The number of anilines is 1. The smallest absolute Gasteiger partial charge is 0.336 e. The van der Waals surface area contributed by atoms with Crippen molar-refractivity contribution in [1.82, 2.24) is 0 Å². The van der Waals surface area contributed by atoms with Gasteiger partial charge in [-0.2, -0.15) is 0 Å². The molecule has 3 aromatic rings. The molecule has 0 saturated heterocycles. The number of carboxylic acids is 1. The first kappa shape index (κ1) is 20.7. The number of carbonyl (C=O) groups is 3. The van der Waals surface area contributed by atoms with Crippen molar-refractivity contribution >= 4 is 40.6 Å². The van der Waals surface area contributed by atoms with Gasteiger partial charge in [0, 0.05) is 17.7 Å². The third-order valence-corrected chi connectivity index (χ3v) is 4.56. The van der Waals surface area contributed by atoms with Crippen LogP contribution in [0.5, 0.6) is 0 Å². The van der Waals surface area contributed by atoms with Crippen LogP contribution in [0.4, 0.5) is 11.4 Å². The van der Waals surface area contributed by atoms with Gasteiger partial charge in [0.1, 0.15) is 0 Å². The van der Waals surface area contributed by atoms with E-state index in [9.17, 15) is 29.6 Å². The number of hydrogen-bond donors (Lipinski definition) is 2. The molecule has 0 aliphatic rings. The van der Waals surface area contributed by atoms with E-state index in [-0.39, 0.29) is 38.7 Å². The minimum Gasteiger partial charge on any atom is -0.478 e. The number of hydrogen-bond acceptors (Lipinski definition) is 5. The van der Waals surface area contributed by atoms with Gasteiger partial charge in [-0.25, -0.2) is 4.79 Å². The second kappa shape index (κ2) is 8.54. The van der Waals surface area contributed by atoms with E-state index in [1.54, 1.807) is 12.1 Å². The van der Waals surface area contributed by atoms with Crippen molar-refractivity contribution in [3.63, 3.8) is 0 Å². The van der Waals surface area contributed by atoms with Crippen molar-refractivity contribution in [3.8, 4) is 0 Å². The summed E-state index contributed by atoms with van der Waals surface area (Å²) in [5.74, 6) is -2.71. The molecule has 0 aliphatic heterocycles. The fourth-order valence-corrected chi connectivity index (χ4v) is 3.01. The van der Waals surface area contributed by atoms with Crippen LogP contribution in [0.25, 0.3) is 0 Å². The maximum absolute atomic E-state index is 13.0. The zero-order valence-electron chi connectivity index (χ0n) is 15.2. The molecule has 1 amide bonds. The highest BCUT2D eigenvalue weighted by Crippen LogP contribution is 2.28. The van der Waals surface area contributed by atoms with Crippen LogP contribution >= 0.6 is 11.6 Å². The third-order valence-electron chi connectivity index (χ3n) is 4.23. The summed E-state index contributed by atoms with van der Waals surface area (Å²) in [6, 6.07) is 15.1. The van der Waals surface area contributed by atoms with Crippen LogP contribution in [0, 0.1) is 10.1 Å². The summed E-state index contributed by atoms with van der Waals surface area (Å²) < 4.78 is 0. The summed E-state index contributed by atoms with van der Waals surface area (Å²) in [6.45, 7) is 0. The second-order valence-corrected chi connectivity index (χ2v) is 6.51. The first-order chi connectivity index (χ1) is 14.3. The molecule has 0 unspecified atom stereocenters. The quantitative estimate of drug-likeness (QED) is 0.342. The normalized spacial score (nSPS) is 10.3. The van der Waals surface area contributed by atoms with Gasteiger partial charge in [0.25, 0.3) is 11.6 Å². The minimum atomic E-state index is -1.29. The Morgan fingerprint density at radius 1 is 0.867 bits per heavy atom. The molecule has 150 valence electrons. The van der Waals surface area contributed by atoms with Gasteiger partial charge in [-0.1, -0.05) is 35.9 Å². The number of amides is 1. The van der Waals surface area contributed by atoms with Gasteiger partial charge >= 0.3 is 5.97 Å². The molecule has 0 aliphatic carbocycles. The Morgan fingerprint density at radius 3 is 2.07 bits per heavy atom. The number of aromatic carboxylic acids is 1. The van der Waals surface area contributed by atoms with Gasteiger partial charge < -0.3 is 10.4 Å². The Kier molecular flexibility index (Phi) is 5.89. The topological polar surface area (TPSA) is 127 Å². The first-order valence-electron chi connectivity index (χ1n) is 8.51. The van der Waals surface area contributed by atoms with Gasteiger partial charge in [0.2, 0.25) is 0 Å². The molecule has 0 saturated carbocycles. The molecule has 30 heavy (non-hydrogen) atoms. The molecule has 0 fully saturated rings. The highest BCUT2D eigenvalue weighted by Gasteiger charge is 2.23. The summed E-state index contributed by atoms with van der Waals surface area (Å²) in [6.07, 6.45) is 0. The summed E-state index contributed by atoms with van der Waals surface area (Å²) >= 11 is 6.07. The number of rotatable bonds is 6. The van der Waals surface area contributed by atoms with Crippen molar-refractivity contribution in [2.75, 3.05) is 5.32 Å². The van der Waals surface area contributed by atoms with Crippen LogP contribution < -0.4 is 5.32 Å². The molecule has 3 aromatic carbocycles. The van der Waals surface area contributed by atoms with Crippen molar-refractivity contribution < 1.29 is 24.4 Å². The lowest BCUT2D eigenvalue weighted by atomic mass is 10.00.